The smallest absolute Gasteiger partial charge is 0.328 e. The summed E-state index contributed by atoms with van der Waals surface area (Å²) in [7, 11) is 0. The zero-order valence-electron chi connectivity index (χ0n) is 8.40. The Balaban J connectivity index is 2.12. The second-order valence-corrected chi connectivity index (χ2v) is 3.72. The maximum absolute atomic E-state index is 11.2. The van der Waals surface area contributed by atoms with E-state index in [1.807, 2.05) is 0 Å². The monoisotopic (exact) mass is 216 g/mol. The van der Waals surface area contributed by atoms with Gasteiger partial charge >= 0.3 is 5.97 Å². The normalized spacial score (nSPS) is 17.1. The number of rotatable bonds is 7. The van der Waals surface area contributed by atoms with Crippen molar-refractivity contribution in [2.24, 2.45) is 5.92 Å². The van der Waals surface area contributed by atoms with E-state index in [0.29, 0.717) is 5.92 Å². The van der Waals surface area contributed by atoms with E-state index in [4.69, 9.17) is 10.2 Å². The molecule has 0 unspecified atom stereocenters. The SMILES string of the molecule is O=C(CNCC1CC1)N[C@H](CO)C(=O)O. The van der Waals surface area contributed by atoms with Gasteiger partial charge in [-0.1, -0.05) is 0 Å². The Labute approximate surface area is 87.7 Å². The standard InChI is InChI=1S/C9H16N2O4/c12-5-7(9(14)15)11-8(13)4-10-3-6-1-2-6/h6-7,10,12H,1-5H2,(H,11,13)(H,14,15)/t7-/m1/s1. The van der Waals surface area contributed by atoms with Crippen molar-refractivity contribution >= 4 is 11.9 Å². The summed E-state index contributed by atoms with van der Waals surface area (Å²) in [6.45, 7) is 0.300. The van der Waals surface area contributed by atoms with Crippen molar-refractivity contribution in [2.45, 2.75) is 18.9 Å². The first-order valence-corrected chi connectivity index (χ1v) is 4.97. The summed E-state index contributed by atoms with van der Waals surface area (Å²) in [5, 5.41) is 22.3. The average molecular weight is 216 g/mol. The largest absolute Gasteiger partial charge is 0.480 e. The molecule has 0 aromatic rings. The van der Waals surface area contributed by atoms with Gasteiger partial charge in [0.05, 0.1) is 13.2 Å². The number of carbonyl (C=O) groups excluding carboxylic acids is 1. The maximum Gasteiger partial charge on any atom is 0.328 e. The number of nitrogens with one attached hydrogen (secondary N) is 2. The Morgan fingerprint density at radius 2 is 2.07 bits per heavy atom. The van der Waals surface area contributed by atoms with Crippen molar-refractivity contribution < 1.29 is 19.8 Å². The Kier molecular flexibility index (Phi) is 4.51. The molecule has 1 saturated carbocycles. The van der Waals surface area contributed by atoms with Crippen molar-refractivity contribution in [2.75, 3.05) is 19.7 Å². The van der Waals surface area contributed by atoms with Crippen LogP contribution in [0, 0.1) is 5.92 Å². The minimum Gasteiger partial charge on any atom is -0.480 e. The zero-order chi connectivity index (χ0) is 11.3. The first-order chi connectivity index (χ1) is 7.13. The van der Waals surface area contributed by atoms with Crippen LogP contribution >= 0.6 is 0 Å². The van der Waals surface area contributed by atoms with Gasteiger partial charge in [0.1, 0.15) is 6.04 Å². The second-order valence-electron chi connectivity index (χ2n) is 3.72. The van der Waals surface area contributed by atoms with Gasteiger partial charge in [-0.25, -0.2) is 4.79 Å². The quantitative estimate of drug-likeness (QED) is 0.417. The van der Waals surface area contributed by atoms with Crippen LogP contribution in [-0.4, -0.2) is 47.8 Å². The Morgan fingerprint density at radius 1 is 1.40 bits per heavy atom. The summed E-state index contributed by atoms with van der Waals surface area (Å²) in [6, 6.07) is -1.21. The maximum atomic E-state index is 11.2. The summed E-state index contributed by atoms with van der Waals surface area (Å²) in [6.07, 6.45) is 2.39. The molecule has 1 aliphatic rings. The molecule has 0 heterocycles. The molecule has 6 heteroatoms. The number of carboxylic acids is 1. The van der Waals surface area contributed by atoms with Gasteiger partial charge < -0.3 is 20.8 Å². The molecule has 4 N–H and O–H groups in total. The molecule has 0 spiro atoms. The van der Waals surface area contributed by atoms with Crippen LogP contribution in [0.15, 0.2) is 0 Å². The number of carbonyl (C=O) groups is 2. The molecule has 6 nitrogen and oxygen atoms in total. The van der Waals surface area contributed by atoms with Crippen LogP contribution in [-0.2, 0) is 9.59 Å². The Hall–Kier alpha value is -1.14. The second kappa shape index (κ2) is 5.67. The van der Waals surface area contributed by atoms with Gasteiger partial charge in [-0.05, 0) is 25.3 Å². The number of aliphatic carboxylic acids is 1. The highest BCUT2D eigenvalue weighted by Gasteiger charge is 2.21. The first-order valence-electron chi connectivity index (χ1n) is 4.97. The van der Waals surface area contributed by atoms with E-state index in [2.05, 4.69) is 10.6 Å². The van der Waals surface area contributed by atoms with Gasteiger partial charge in [-0.3, -0.25) is 4.79 Å². The molecule has 15 heavy (non-hydrogen) atoms. The molecule has 0 aromatic heterocycles. The number of carboxylic acid groups (broad SMARTS) is 1. The van der Waals surface area contributed by atoms with Gasteiger partial charge in [-0.15, -0.1) is 0 Å². The zero-order valence-corrected chi connectivity index (χ0v) is 8.40. The molecule has 1 aliphatic carbocycles. The minimum atomic E-state index is -1.23. The lowest BCUT2D eigenvalue weighted by Gasteiger charge is -2.11. The molecule has 1 fully saturated rings. The molecule has 86 valence electrons. The molecule has 1 atom stereocenters. The highest BCUT2D eigenvalue weighted by atomic mass is 16.4. The molecule has 0 radical (unpaired) electrons. The van der Waals surface area contributed by atoms with Gasteiger partial charge in [0.15, 0.2) is 0 Å². The predicted molar refractivity (Wildman–Crippen MR) is 52.2 cm³/mol. The molecular weight excluding hydrogens is 200 g/mol. The van der Waals surface area contributed by atoms with Crippen molar-refractivity contribution in [1.82, 2.24) is 10.6 Å². The van der Waals surface area contributed by atoms with Crippen molar-refractivity contribution in [3.63, 3.8) is 0 Å². The van der Waals surface area contributed by atoms with Crippen molar-refractivity contribution in [1.29, 1.82) is 0 Å². The molecule has 1 rings (SSSR count). The minimum absolute atomic E-state index is 0.0975. The lowest BCUT2D eigenvalue weighted by atomic mass is 10.3. The number of aliphatic hydroxyl groups excluding tert-OH is 1. The van der Waals surface area contributed by atoms with Gasteiger partial charge in [0.2, 0.25) is 5.91 Å². The summed E-state index contributed by atoms with van der Waals surface area (Å²) in [5.74, 6) is -0.962. The van der Waals surface area contributed by atoms with E-state index in [1.54, 1.807) is 0 Å². The van der Waals surface area contributed by atoms with E-state index < -0.39 is 24.5 Å². The molecule has 0 aliphatic heterocycles. The topological polar surface area (TPSA) is 98.7 Å². The summed E-state index contributed by atoms with van der Waals surface area (Å²) in [5.41, 5.74) is 0. The molecular formula is C9H16N2O4. The van der Waals surface area contributed by atoms with Gasteiger partial charge in [-0.2, -0.15) is 0 Å². The number of hydrogen-bond donors (Lipinski definition) is 4. The fourth-order valence-electron chi connectivity index (χ4n) is 1.14. The molecule has 0 bridgehead atoms. The highest BCUT2D eigenvalue weighted by molar-refractivity contribution is 5.84. The van der Waals surface area contributed by atoms with E-state index in [-0.39, 0.29) is 6.54 Å². The van der Waals surface area contributed by atoms with E-state index in [0.717, 1.165) is 6.54 Å². The molecule has 0 saturated heterocycles. The first kappa shape index (κ1) is 11.9. The number of amides is 1. The van der Waals surface area contributed by atoms with Crippen LogP contribution < -0.4 is 10.6 Å². The number of hydrogen-bond acceptors (Lipinski definition) is 4. The van der Waals surface area contributed by atoms with Crippen LogP contribution in [0.3, 0.4) is 0 Å². The van der Waals surface area contributed by atoms with Crippen LogP contribution in [0.1, 0.15) is 12.8 Å². The molecule has 1 amide bonds. The predicted octanol–water partition coefficient (Wildman–Crippen LogP) is -1.45. The average Bonchev–Trinajstić information content (AvgIpc) is 2.97. The van der Waals surface area contributed by atoms with Gasteiger partial charge in [0.25, 0.3) is 0 Å². The summed E-state index contributed by atoms with van der Waals surface area (Å²) < 4.78 is 0. The third-order valence-electron chi connectivity index (χ3n) is 2.23. The van der Waals surface area contributed by atoms with Crippen molar-refractivity contribution in [3.05, 3.63) is 0 Å². The van der Waals surface area contributed by atoms with Gasteiger partial charge in [0, 0.05) is 0 Å². The lowest BCUT2D eigenvalue weighted by Crippen LogP contribution is -2.46. The fourth-order valence-corrected chi connectivity index (χ4v) is 1.14. The summed E-state index contributed by atoms with van der Waals surface area (Å²) in [4.78, 5) is 21.6. The van der Waals surface area contributed by atoms with Crippen LogP contribution in [0.5, 0.6) is 0 Å². The fraction of sp³-hybridized carbons (Fsp3) is 0.778. The Bertz CT molecular complexity index is 240. The van der Waals surface area contributed by atoms with Crippen molar-refractivity contribution in [3.8, 4) is 0 Å². The van der Waals surface area contributed by atoms with Crippen LogP contribution in [0.4, 0.5) is 0 Å². The van der Waals surface area contributed by atoms with E-state index in [9.17, 15) is 9.59 Å². The number of aliphatic hydroxyl groups is 1. The van der Waals surface area contributed by atoms with E-state index >= 15 is 0 Å². The third-order valence-corrected chi connectivity index (χ3v) is 2.23. The Morgan fingerprint density at radius 3 is 2.53 bits per heavy atom. The van der Waals surface area contributed by atoms with Crippen LogP contribution in [0.25, 0.3) is 0 Å². The molecule has 0 aromatic carbocycles. The highest BCUT2D eigenvalue weighted by Crippen LogP contribution is 2.27. The summed E-state index contributed by atoms with van der Waals surface area (Å²) >= 11 is 0. The van der Waals surface area contributed by atoms with Crippen LogP contribution in [0.2, 0.25) is 0 Å². The van der Waals surface area contributed by atoms with E-state index in [1.165, 1.54) is 12.8 Å². The third kappa shape index (κ3) is 4.75. The lowest BCUT2D eigenvalue weighted by molar-refractivity contribution is -0.142.